The molecule has 2 heteroatoms. The molecule has 1 saturated carbocycles. The monoisotopic (exact) mass is 275 g/mol. The Morgan fingerprint density at radius 3 is 2.30 bits per heavy atom. The van der Waals surface area contributed by atoms with Crippen molar-refractivity contribution in [3.63, 3.8) is 0 Å². The third-order valence-electron chi connectivity index (χ3n) is 4.78. The van der Waals surface area contributed by atoms with E-state index in [0.717, 1.165) is 11.7 Å². The first-order valence-electron chi connectivity index (χ1n) is 7.98. The van der Waals surface area contributed by atoms with Gasteiger partial charge in [0.05, 0.1) is 7.11 Å². The van der Waals surface area contributed by atoms with Gasteiger partial charge in [0.2, 0.25) is 0 Å². The highest BCUT2D eigenvalue weighted by Crippen LogP contribution is 2.33. The van der Waals surface area contributed by atoms with Crippen molar-refractivity contribution < 1.29 is 4.74 Å². The van der Waals surface area contributed by atoms with Crippen LogP contribution in [0.2, 0.25) is 0 Å². The normalized spacial score (nSPS) is 17.4. The second kappa shape index (κ2) is 7.12. The van der Waals surface area contributed by atoms with Gasteiger partial charge in [0.25, 0.3) is 0 Å². The van der Waals surface area contributed by atoms with Crippen molar-refractivity contribution in [3.05, 3.63) is 28.8 Å². The van der Waals surface area contributed by atoms with Crippen molar-refractivity contribution in [1.82, 2.24) is 5.32 Å². The van der Waals surface area contributed by atoms with Crippen molar-refractivity contribution in [2.75, 3.05) is 14.2 Å². The van der Waals surface area contributed by atoms with Gasteiger partial charge in [-0.15, -0.1) is 0 Å². The van der Waals surface area contributed by atoms with Crippen LogP contribution in [-0.2, 0) is 0 Å². The number of methoxy groups -OCH3 is 1. The number of aryl methyl sites for hydroxylation is 2. The van der Waals surface area contributed by atoms with E-state index in [-0.39, 0.29) is 0 Å². The summed E-state index contributed by atoms with van der Waals surface area (Å²) < 4.78 is 5.46. The van der Waals surface area contributed by atoms with Crippen LogP contribution in [0.5, 0.6) is 5.75 Å². The average molecular weight is 275 g/mol. The van der Waals surface area contributed by atoms with Gasteiger partial charge in [-0.25, -0.2) is 0 Å². The molecular weight excluding hydrogens is 246 g/mol. The Morgan fingerprint density at radius 1 is 1.20 bits per heavy atom. The molecule has 1 unspecified atom stereocenters. The van der Waals surface area contributed by atoms with Gasteiger partial charge in [0.15, 0.2) is 0 Å². The van der Waals surface area contributed by atoms with Crippen molar-refractivity contribution >= 4 is 0 Å². The third-order valence-corrected chi connectivity index (χ3v) is 4.78. The predicted octanol–water partition coefficient (Wildman–Crippen LogP) is 4.54. The van der Waals surface area contributed by atoms with Gasteiger partial charge < -0.3 is 10.1 Å². The lowest BCUT2D eigenvalue weighted by Gasteiger charge is -2.21. The first-order valence-corrected chi connectivity index (χ1v) is 7.98. The van der Waals surface area contributed by atoms with Gasteiger partial charge in [-0.1, -0.05) is 37.8 Å². The SMILES string of the molecule is CNC(CCC1CCCC1)c1cc(C)c(OC)c(C)c1. The zero-order chi connectivity index (χ0) is 14.5. The lowest BCUT2D eigenvalue weighted by atomic mass is 9.93. The first kappa shape index (κ1) is 15.4. The Bertz CT molecular complexity index is 412. The molecule has 0 aromatic heterocycles. The Kier molecular flexibility index (Phi) is 5.47. The molecule has 1 aromatic carbocycles. The van der Waals surface area contributed by atoms with Gasteiger partial charge >= 0.3 is 0 Å². The van der Waals surface area contributed by atoms with E-state index in [2.05, 4.69) is 38.3 Å². The molecule has 1 fully saturated rings. The fraction of sp³-hybridized carbons (Fsp3) is 0.667. The van der Waals surface area contributed by atoms with E-state index < -0.39 is 0 Å². The third kappa shape index (κ3) is 3.54. The molecule has 0 radical (unpaired) electrons. The number of benzene rings is 1. The standard InChI is InChI=1S/C18H29NO/c1-13-11-16(12-14(2)18(13)20-4)17(19-3)10-9-15-7-5-6-8-15/h11-12,15,17,19H,5-10H2,1-4H3. The summed E-state index contributed by atoms with van der Waals surface area (Å²) in [6.45, 7) is 4.28. The smallest absolute Gasteiger partial charge is 0.124 e. The summed E-state index contributed by atoms with van der Waals surface area (Å²) in [7, 11) is 3.83. The molecule has 1 aromatic rings. The van der Waals surface area contributed by atoms with Crippen molar-refractivity contribution in [2.45, 2.75) is 58.4 Å². The summed E-state index contributed by atoms with van der Waals surface area (Å²) in [5.41, 5.74) is 3.88. The molecule has 0 aliphatic heterocycles. The van der Waals surface area contributed by atoms with E-state index in [9.17, 15) is 0 Å². The van der Waals surface area contributed by atoms with Crippen LogP contribution in [-0.4, -0.2) is 14.2 Å². The van der Waals surface area contributed by atoms with Crippen LogP contribution >= 0.6 is 0 Å². The Balaban J connectivity index is 2.06. The maximum atomic E-state index is 5.46. The number of hydrogen-bond donors (Lipinski definition) is 1. The van der Waals surface area contributed by atoms with Crippen LogP contribution in [0.15, 0.2) is 12.1 Å². The van der Waals surface area contributed by atoms with Crippen LogP contribution in [0, 0.1) is 19.8 Å². The van der Waals surface area contributed by atoms with Crippen molar-refractivity contribution in [3.8, 4) is 5.75 Å². The van der Waals surface area contributed by atoms with Gasteiger partial charge in [-0.2, -0.15) is 0 Å². The molecule has 0 bridgehead atoms. The van der Waals surface area contributed by atoms with E-state index in [1.54, 1.807) is 7.11 Å². The van der Waals surface area contributed by atoms with Gasteiger partial charge in [-0.05, 0) is 56.3 Å². The zero-order valence-corrected chi connectivity index (χ0v) is 13.5. The minimum atomic E-state index is 0.471. The van der Waals surface area contributed by atoms with E-state index in [1.165, 1.54) is 55.2 Å². The molecule has 0 saturated heterocycles. The molecule has 0 heterocycles. The highest BCUT2D eigenvalue weighted by molar-refractivity contribution is 5.44. The van der Waals surface area contributed by atoms with Crippen LogP contribution in [0.3, 0.4) is 0 Å². The fourth-order valence-electron chi connectivity index (χ4n) is 3.69. The molecule has 1 N–H and O–H groups in total. The molecule has 0 amide bonds. The summed E-state index contributed by atoms with van der Waals surface area (Å²) >= 11 is 0. The average Bonchev–Trinajstić information content (AvgIpc) is 2.92. The summed E-state index contributed by atoms with van der Waals surface area (Å²) in [6.07, 6.45) is 8.36. The molecule has 1 aliphatic carbocycles. The van der Waals surface area contributed by atoms with Gasteiger partial charge in [-0.3, -0.25) is 0 Å². The van der Waals surface area contributed by atoms with Gasteiger partial charge in [0.1, 0.15) is 5.75 Å². The van der Waals surface area contributed by atoms with Crippen LogP contribution < -0.4 is 10.1 Å². The van der Waals surface area contributed by atoms with Crippen molar-refractivity contribution in [1.29, 1.82) is 0 Å². The maximum Gasteiger partial charge on any atom is 0.124 e. The first-order chi connectivity index (χ1) is 9.65. The molecule has 112 valence electrons. The maximum absolute atomic E-state index is 5.46. The number of rotatable bonds is 6. The molecule has 2 nitrogen and oxygen atoms in total. The van der Waals surface area contributed by atoms with E-state index in [4.69, 9.17) is 4.74 Å². The molecule has 2 rings (SSSR count). The van der Waals surface area contributed by atoms with Crippen LogP contribution in [0.4, 0.5) is 0 Å². The highest BCUT2D eigenvalue weighted by Gasteiger charge is 2.18. The minimum absolute atomic E-state index is 0.471. The number of ether oxygens (including phenoxy) is 1. The quantitative estimate of drug-likeness (QED) is 0.822. The molecule has 0 spiro atoms. The van der Waals surface area contributed by atoms with E-state index >= 15 is 0 Å². The lowest BCUT2D eigenvalue weighted by molar-refractivity contribution is 0.406. The summed E-state index contributed by atoms with van der Waals surface area (Å²) in [6, 6.07) is 5.03. The minimum Gasteiger partial charge on any atom is -0.496 e. The van der Waals surface area contributed by atoms with Crippen molar-refractivity contribution in [2.24, 2.45) is 5.92 Å². The highest BCUT2D eigenvalue weighted by atomic mass is 16.5. The van der Waals surface area contributed by atoms with Crippen LogP contribution in [0.1, 0.15) is 61.3 Å². The zero-order valence-electron chi connectivity index (χ0n) is 13.5. The summed E-state index contributed by atoms with van der Waals surface area (Å²) in [5.74, 6) is 1.99. The topological polar surface area (TPSA) is 21.3 Å². The molecule has 1 aliphatic rings. The fourth-order valence-corrected chi connectivity index (χ4v) is 3.69. The number of nitrogens with one attached hydrogen (secondary N) is 1. The Morgan fingerprint density at radius 2 is 1.80 bits per heavy atom. The molecule has 20 heavy (non-hydrogen) atoms. The lowest BCUT2D eigenvalue weighted by Crippen LogP contribution is -2.17. The summed E-state index contributed by atoms with van der Waals surface area (Å²) in [5, 5.41) is 3.49. The molecular formula is C18H29NO. The number of hydrogen-bond acceptors (Lipinski definition) is 2. The second-order valence-corrected chi connectivity index (χ2v) is 6.26. The predicted molar refractivity (Wildman–Crippen MR) is 85.5 cm³/mol. The Hall–Kier alpha value is -1.02. The summed E-state index contributed by atoms with van der Waals surface area (Å²) in [4.78, 5) is 0. The Labute approximate surface area is 123 Å². The van der Waals surface area contributed by atoms with E-state index in [1.807, 2.05) is 0 Å². The van der Waals surface area contributed by atoms with E-state index in [0.29, 0.717) is 6.04 Å². The van der Waals surface area contributed by atoms with Crippen LogP contribution in [0.25, 0.3) is 0 Å². The largest absolute Gasteiger partial charge is 0.496 e. The molecule has 1 atom stereocenters. The van der Waals surface area contributed by atoms with Gasteiger partial charge in [0, 0.05) is 6.04 Å². The second-order valence-electron chi connectivity index (χ2n) is 6.26.